The fourth-order valence-corrected chi connectivity index (χ4v) is 3.08. The summed E-state index contributed by atoms with van der Waals surface area (Å²) in [6.07, 6.45) is 3.35. The third-order valence-electron chi connectivity index (χ3n) is 2.77. The van der Waals surface area contributed by atoms with Crippen LogP contribution in [0.1, 0.15) is 26.3 Å². The van der Waals surface area contributed by atoms with Crippen LogP contribution >= 0.6 is 0 Å². The first-order valence-electron chi connectivity index (χ1n) is 6.56. The zero-order valence-corrected chi connectivity index (χ0v) is 12.7. The Morgan fingerprint density at radius 2 is 1.95 bits per heavy atom. The number of sulfonamides is 1. The van der Waals surface area contributed by atoms with Crippen molar-refractivity contribution in [1.82, 2.24) is 14.6 Å². The maximum atomic E-state index is 12.2. The Labute approximate surface area is 116 Å². The Morgan fingerprint density at radius 1 is 1.32 bits per heavy atom. The number of nitrogens with zero attached hydrogens (tertiary/aromatic N) is 2. The lowest BCUT2D eigenvalue weighted by atomic mass is 10.3. The molecule has 1 aromatic heterocycles. The van der Waals surface area contributed by atoms with Crippen LogP contribution in [-0.4, -0.2) is 42.6 Å². The van der Waals surface area contributed by atoms with E-state index in [2.05, 4.69) is 10.3 Å². The third kappa shape index (κ3) is 5.67. The lowest BCUT2D eigenvalue weighted by Crippen LogP contribution is -2.37. The molecule has 5 nitrogen and oxygen atoms in total. The maximum absolute atomic E-state index is 12.2. The smallest absolute Gasteiger partial charge is 0.215 e. The Kier molecular flexibility index (Phi) is 6.41. The van der Waals surface area contributed by atoms with Gasteiger partial charge in [-0.2, -0.15) is 4.31 Å². The van der Waals surface area contributed by atoms with E-state index in [0.717, 1.165) is 5.56 Å². The summed E-state index contributed by atoms with van der Waals surface area (Å²) >= 11 is 0. The van der Waals surface area contributed by atoms with E-state index in [9.17, 15) is 8.42 Å². The first-order chi connectivity index (χ1) is 8.95. The molecule has 0 unspecified atom stereocenters. The largest absolute Gasteiger partial charge is 0.313 e. The number of pyridine rings is 1. The summed E-state index contributed by atoms with van der Waals surface area (Å²) in [5.74, 6) is 0.129. The number of aromatic nitrogens is 1. The average molecular weight is 285 g/mol. The quantitative estimate of drug-likeness (QED) is 0.780. The van der Waals surface area contributed by atoms with Gasteiger partial charge >= 0.3 is 0 Å². The molecular formula is C13H23N3O2S. The topological polar surface area (TPSA) is 62.3 Å². The maximum Gasteiger partial charge on any atom is 0.215 e. The average Bonchev–Trinajstić information content (AvgIpc) is 2.36. The highest BCUT2D eigenvalue weighted by molar-refractivity contribution is 7.89. The minimum Gasteiger partial charge on any atom is -0.313 e. The van der Waals surface area contributed by atoms with Crippen LogP contribution in [-0.2, 0) is 16.6 Å². The van der Waals surface area contributed by atoms with Crippen LogP contribution in [0, 0.1) is 0 Å². The molecule has 0 saturated heterocycles. The molecule has 0 aliphatic heterocycles. The summed E-state index contributed by atoms with van der Waals surface area (Å²) in [7, 11) is -3.22. The predicted molar refractivity (Wildman–Crippen MR) is 77.2 cm³/mol. The second kappa shape index (κ2) is 7.57. The molecule has 0 spiro atoms. The van der Waals surface area contributed by atoms with E-state index in [1.165, 1.54) is 4.31 Å². The van der Waals surface area contributed by atoms with Crippen LogP contribution in [0.5, 0.6) is 0 Å². The van der Waals surface area contributed by atoms with Crippen LogP contribution in [0.15, 0.2) is 24.5 Å². The molecule has 0 aromatic carbocycles. The van der Waals surface area contributed by atoms with Gasteiger partial charge in [0.1, 0.15) is 0 Å². The summed E-state index contributed by atoms with van der Waals surface area (Å²) in [5, 5.41) is 3.13. The third-order valence-corrected chi connectivity index (χ3v) is 4.66. The first-order valence-corrected chi connectivity index (χ1v) is 8.16. The molecule has 0 radical (unpaired) electrons. The van der Waals surface area contributed by atoms with Crippen molar-refractivity contribution in [3.63, 3.8) is 0 Å². The fraction of sp³-hybridized carbons (Fsp3) is 0.615. The zero-order chi connectivity index (χ0) is 14.3. The fourth-order valence-electron chi connectivity index (χ4n) is 1.70. The molecule has 108 valence electrons. The molecular weight excluding hydrogens is 262 g/mol. The van der Waals surface area contributed by atoms with Crippen LogP contribution in [0.25, 0.3) is 0 Å². The van der Waals surface area contributed by atoms with E-state index in [4.69, 9.17) is 0 Å². The second-order valence-corrected chi connectivity index (χ2v) is 6.79. The Bertz CT molecular complexity index is 460. The molecule has 1 rings (SSSR count). The molecule has 0 aliphatic rings. The van der Waals surface area contributed by atoms with Crippen molar-refractivity contribution in [2.75, 3.05) is 18.8 Å². The highest BCUT2D eigenvalue weighted by Gasteiger charge is 2.20. The zero-order valence-electron chi connectivity index (χ0n) is 11.8. The molecule has 1 N–H and O–H groups in total. The summed E-state index contributed by atoms with van der Waals surface area (Å²) in [6, 6.07) is 3.97. The molecule has 0 aliphatic carbocycles. The number of rotatable bonds is 8. The molecule has 0 fully saturated rings. The molecule has 0 saturated carbocycles. The number of nitrogens with one attached hydrogen (secondary N) is 1. The van der Waals surface area contributed by atoms with Gasteiger partial charge in [0.25, 0.3) is 0 Å². The minimum atomic E-state index is -3.22. The number of hydrogen-bond donors (Lipinski definition) is 1. The van der Waals surface area contributed by atoms with Gasteiger partial charge in [-0.3, -0.25) is 4.98 Å². The summed E-state index contributed by atoms with van der Waals surface area (Å²) < 4.78 is 25.9. The van der Waals surface area contributed by atoms with E-state index in [-0.39, 0.29) is 5.75 Å². The monoisotopic (exact) mass is 285 g/mol. The van der Waals surface area contributed by atoms with Gasteiger partial charge in [0.05, 0.1) is 5.75 Å². The molecule has 0 atom stereocenters. The van der Waals surface area contributed by atoms with Crippen LogP contribution in [0.3, 0.4) is 0 Å². The lowest BCUT2D eigenvalue weighted by molar-refractivity contribution is 0.421. The molecule has 6 heteroatoms. The van der Waals surface area contributed by atoms with Crippen molar-refractivity contribution in [1.29, 1.82) is 0 Å². The normalized spacial score (nSPS) is 12.3. The van der Waals surface area contributed by atoms with E-state index >= 15 is 0 Å². The van der Waals surface area contributed by atoms with Crippen LogP contribution in [0.4, 0.5) is 0 Å². The van der Waals surface area contributed by atoms with Gasteiger partial charge in [-0.25, -0.2) is 8.42 Å². The van der Waals surface area contributed by atoms with Crippen molar-refractivity contribution in [3.05, 3.63) is 30.1 Å². The van der Waals surface area contributed by atoms with E-state index < -0.39 is 10.0 Å². The van der Waals surface area contributed by atoms with E-state index in [1.807, 2.05) is 32.9 Å². The SMILES string of the molecule is CCN(Cc1ccncc1)S(=O)(=O)CCNC(C)C. The highest BCUT2D eigenvalue weighted by atomic mass is 32.2. The summed E-state index contributed by atoms with van der Waals surface area (Å²) in [6.45, 7) is 7.22. The van der Waals surface area contributed by atoms with Gasteiger partial charge in [0.2, 0.25) is 10.0 Å². The predicted octanol–water partition coefficient (Wildman–Crippen LogP) is 1.23. The van der Waals surface area contributed by atoms with Crippen molar-refractivity contribution in [2.45, 2.75) is 33.4 Å². The Hall–Kier alpha value is -0.980. The molecule has 0 bridgehead atoms. The Morgan fingerprint density at radius 3 is 2.47 bits per heavy atom. The van der Waals surface area contributed by atoms with E-state index in [1.54, 1.807) is 12.4 Å². The van der Waals surface area contributed by atoms with Crippen LogP contribution in [0.2, 0.25) is 0 Å². The van der Waals surface area contributed by atoms with Crippen molar-refractivity contribution >= 4 is 10.0 Å². The molecule has 0 amide bonds. The molecule has 1 aromatic rings. The highest BCUT2D eigenvalue weighted by Crippen LogP contribution is 2.08. The van der Waals surface area contributed by atoms with Gasteiger partial charge in [0.15, 0.2) is 0 Å². The summed E-state index contributed by atoms with van der Waals surface area (Å²) in [4.78, 5) is 3.93. The summed E-state index contributed by atoms with van der Waals surface area (Å²) in [5.41, 5.74) is 0.956. The lowest BCUT2D eigenvalue weighted by Gasteiger charge is -2.21. The van der Waals surface area contributed by atoms with Crippen molar-refractivity contribution < 1.29 is 8.42 Å². The van der Waals surface area contributed by atoms with Crippen LogP contribution < -0.4 is 5.32 Å². The van der Waals surface area contributed by atoms with Crippen molar-refractivity contribution in [2.24, 2.45) is 0 Å². The van der Waals surface area contributed by atoms with Gasteiger partial charge in [-0.15, -0.1) is 0 Å². The van der Waals surface area contributed by atoms with Gasteiger partial charge in [0, 0.05) is 38.1 Å². The van der Waals surface area contributed by atoms with Crippen molar-refractivity contribution in [3.8, 4) is 0 Å². The molecule has 19 heavy (non-hydrogen) atoms. The van der Waals surface area contributed by atoms with Gasteiger partial charge in [-0.1, -0.05) is 20.8 Å². The van der Waals surface area contributed by atoms with Gasteiger partial charge < -0.3 is 5.32 Å². The molecule has 1 heterocycles. The van der Waals surface area contributed by atoms with Gasteiger partial charge in [-0.05, 0) is 17.7 Å². The first kappa shape index (κ1) is 16.1. The van der Waals surface area contributed by atoms with E-state index in [0.29, 0.717) is 25.7 Å². The standard InChI is InChI=1S/C13H23N3O2S/c1-4-16(11-13-5-7-14-8-6-13)19(17,18)10-9-15-12(2)3/h5-8,12,15H,4,9-11H2,1-3H3. The second-order valence-electron chi connectivity index (χ2n) is 4.71. The Balaban J connectivity index is 2.62. The minimum absolute atomic E-state index is 0.129. The number of hydrogen-bond acceptors (Lipinski definition) is 4.